The molecule has 0 unspecified atom stereocenters. The van der Waals surface area contributed by atoms with E-state index in [9.17, 15) is 0 Å². The molecule has 1 saturated carbocycles. The fourth-order valence-corrected chi connectivity index (χ4v) is 1.49. The van der Waals surface area contributed by atoms with E-state index < -0.39 is 22.1 Å². The maximum absolute atomic E-state index is 9.08. The first-order chi connectivity index (χ1) is 6.62. The summed E-state index contributed by atoms with van der Waals surface area (Å²) in [6, 6.07) is 0. The Balaban J connectivity index is 0.000000280. The van der Waals surface area contributed by atoms with Gasteiger partial charge in [0, 0.05) is 0 Å². The summed E-state index contributed by atoms with van der Waals surface area (Å²) in [5, 5.41) is 0. The molecule has 4 nitrogen and oxygen atoms in total. The van der Waals surface area contributed by atoms with Gasteiger partial charge < -0.3 is 0 Å². The molecule has 1 rings (SSSR count). The molecule has 0 radical (unpaired) electrons. The van der Waals surface area contributed by atoms with Gasteiger partial charge in [-0.2, -0.15) is 0 Å². The van der Waals surface area contributed by atoms with E-state index >= 15 is 0 Å². The van der Waals surface area contributed by atoms with E-state index in [2.05, 4.69) is 0 Å². The van der Waals surface area contributed by atoms with Crippen molar-refractivity contribution in [2.45, 2.75) is 38.5 Å². The molecule has 0 aromatic carbocycles. The molecule has 0 bridgehead atoms. The Bertz CT molecular complexity index is 180. The summed E-state index contributed by atoms with van der Waals surface area (Å²) < 4.78 is 18.2. The van der Waals surface area contributed by atoms with Crippen LogP contribution in [0.15, 0.2) is 0 Å². The topological polar surface area (TPSA) is 92.5 Å². The average molecular weight is 444 g/mol. The van der Waals surface area contributed by atoms with E-state index in [1.807, 2.05) is 0 Å². The second kappa shape index (κ2) is 5.17. The van der Waals surface area contributed by atoms with Crippen LogP contribution in [-0.2, 0) is 12.2 Å². The van der Waals surface area contributed by atoms with Gasteiger partial charge in [0.05, 0.1) is 0 Å². The first kappa shape index (κ1) is 16.1. The zero-order chi connectivity index (χ0) is 12.1. The van der Waals surface area contributed by atoms with Crippen molar-refractivity contribution in [3.8, 4) is 0 Å². The maximum atomic E-state index is 9.08. The third-order valence-electron chi connectivity index (χ3n) is 2.11. The predicted molar refractivity (Wildman–Crippen MR) is 62.0 cm³/mol. The summed E-state index contributed by atoms with van der Waals surface area (Å²) >= 11 is -5.74. The Hall–Kier alpha value is 1.11. The molecule has 1 aliphatic carbocycles. The van der Waals surface area contributed by atoms with Gasteiger partial charge in [-0.25, -0.2) is 0 Å². The van der Waals surface area contributed by atoms with E-state index in [4.69, 9.17) is 37.8 Å². The molecule has 0 aliphatic heterocycles. The minimum absolute atomic E-state index is 0.574. The van der Waals surface area contributed by atoms with Crippen molar-refractivity contribution < 1.29 is 19.8 Å². The van der Waals surface area contributed by atoms with Gasteiger partial charge in [-0.15, -0.1) is 0 Å². The molecule has 15 heavy (non-hydrogen) atoms. The molecule has 0 aromatic rings. The Morgan fingerprint density at radius 3 is 1.07 bits per heavy atom. The van der Waals surface area contributed by atoms with E-state index in [1.165, 1.54) is 38.5 Å². The van der Waals surface area contributed by atoms with Crippen molar-refractivity contribution in [3.63, 3.8) is 0 Å². The molecule has 0 saturated heterocycles. The zero-order valence-electron chi connectivity index (χ0n) is 8.78. The zero-order valence-corrected chi connectivity index (χ0v) is 12.6. The molecule has 0 aromatic heterocycles. The van der Waals surface area contributed by atoms with E-state index in [0.29, 0.717) is 0 Å². The van der Waals surface area contributed by atoms with Crippen molar-refractivity contribution >= 4 is 18.8 Å². The fourth-order valence-electron chi connectivity index (χ4n) is 1.11. The normalized spacial score (nSPS) is 22.0. The summed E-state index contributed by atoms with van der Waals surface area (Å²) in [4.78, 5) is -1.15. The van der Waals surface area contributed by atoms with Crippen LogP contribution in [0, 0.1) is 0 Å². The van der Waals surface area contributed by atoms with Gasteiger partial charge in [0.2, 0.25) is 0 Å². The molecule has 100 valence electrons. The Morgan fingerprint density at radius 2 is 1.00 bits per heavy atom. The Labute approximate surface area is 98.2 Å². The molecule has 6 N–H and O–H groups in total. The summed E-state index contributed by atoms with van der Waals surface area (Å²) in [6.07, 6.45) is 9.00. The summed E-state index contributed by atoms with van der Waals surface area (Å²) in [7, 11) is 10.5. The Kier molecular flexibility index (Phi) is 5.56. The SMILES string of the molecule is C1CCCCC1.N[CH2][Pt]([OH])([OH])([Cl])([Cl])[CH2]N. The van der Waals surface area contributed by atoms with Crippen LogP contribution in [-0.4, -0.2) is 17.4 Å². The summed E-state index contributed by atoms with van der Waals surface area (Å²) in [5.41, 5.74) is 9.85. The average Bonchev–Trinajstić information content (AvgIpc) is 2.21. The third-order valence-corrected chi connectivity index (χ3v) is 9.68. The molecule has 7 heteroatoms. The first-order valence-corrected chi connectivity index (χ1v) is 15.7. The number of rotatable bonds is 2. The Morgan fingerprint density at radius 1 is 0.800 bits per heavy atom. The summed E-state index contributed by atoms with van der Waals surface area (Å²) in [6.45, 7) is 0. The molecule has 1 fully saturated rings. The fraction of sp³-hybridized carbons (Fsp3) is 1.00. The van der Waals surface area contributed by atoms with E-state index in [-0.39, 0.29) is 0 Å². The van der Waals surface area contributed by atoms with Gasteiger partial charge >= 0.3 is 59.9 Å². The van der Waals surface area contributed by atoms with E-state index in [1.54, 1.807) is 0 Å². The van der Waals surface area contributed by atoms with Crippen LogP contribution in [0.2, 0.25) is 0 Å². The van der Waals surface area contributed by atoms with Gasteiger partial charge in [0.15, 0.2) is 0 Å². The number of hydrogen-bond acceptors (Lipinski definition) is 4. The van der Waals surface area contributed by atoms with Crippen LogP contribution in [0.5, 0.6) is 0 Å². The number of hydrogen-bond donors (Lipinski definition) is 4. The molecule has 0 heterocycles. The standard InChI is InChI=1S/C6H12.2CH4N.2ClH.2H2O.Pt/c1-2-4-6-5-3-1;2*1-2;;;;;/h1-6H2;2*1-2H2;2*1H;2*1H2;/q;;;;;;;+4/p-4. The van der Waals surface area contributed by atoms with Gasteiger partial charge in [-0.1, -0.05) is 38.5 Å². The van der Waals surface area contributed by atoms with Gasteiger partial charge in [0.1, 0.15) is 0 Å². The van der Waals surface area contributed by atoms with Crippen molar-refractivity contribution in [3.05, 3.63) is 0 Å². The second-order valence-electron chi connectivity index (χ2n) is 3.60. The van der Waals surface area contributed by atoms with Crippen LogP contribution in [0.3, 0.4) is 0 Å². The van der Waals surface area contributed by atoms with Crippen LogP contribution in [0.4, 0.5) is 0 Å². The third kappa shape index (κ3) is 8.87. The van der Waals surface area contributed by atoms with Crippen LogP contribution >= 0.6 is 18.8 Å². The van der Waals surface area contributed by atoms with Crippen molar-refractivity contribution in [2.24, 2.45) is 11.5 Å². The summed E-state index contributed by atoms with van der Waals surface area (Å²) in [5.74, 6) is 0. The molecule has 1 aliphatic rings. The van der Waals surface area contributed by atoms with Gasteiger partial charge in [-0.05, 0) is 0 Å². The van der Waals surface area contributed by atoms with Crippen molar-refractivity contribution in [1.82, 2.24) is 0 Å². The number of nitrogens with two attached hydrogens (primary N) is 2. The second-order valence-corrected chi connectivity index (χ2v) is 26.2. The van der Waals surface area contributed by atoms with Crippen LogP contribution in [0.25, 0.3) is 0 Å². The number of halogens is 2. The monoisotopic (exact) mass is 443 g/mol. The van der Waals surface area contributed by atoms with Crippen molar-refractivity contribution in [2.75, 3.05) is 9.87 Å². The molecular formula is C8H22Cl2N2O2Pt. The molecule has 0 atom stereocenters. The minimum atomic E-state index is -5.74. The van der Waals surface area contributed by atoms with Crippen LogP contribution in [0.1, 0.15) is 38.5 Å². The first-order valence-electron chi connectivity index (χ1n) is 4.79. The van der Waals surface area contributed by atoms with E-state index in [0.717, 1.165) is 0 Å². The van der Waals surface area contributed by atoms with Crippen molar-refractivity contribution in [1.29, 1.82) is 0 Å². The molecule has 0 amide bonds. The quantitative estimate of drug-likeness (QED) is 0.520. The molecular weight excluding hydrogens is 422 g/mol. The molecule has 0 spiro atoms. The van der Waals surface area contributed by atoms with Gasteiger partial charge in [-0.3, -0.25) is 0 Å². The van der Waals surface area contributed by atoms with Crippen LogP contribution < -0.4 is 11.5 Å². The predicted octanol–water partition coefficient (Wildman–Crippen LogP) is 1.51. The van der Waals surface area contributed by atoms with Gasteiger partial charge in [0.25, 0.3) is 0 Å².